The van der Waals surface area contributed by atoms with Gasteiger partial charge in [0.25, 0.3) is 0 Å². The molecule has 3 aliphatic heterocycles. The minimum absolute atomic E-state index is 0.0687. The fourth-order valence-electron chi connectivity index (χ4n) is 5.67. The second kappa shape index (κ2) is 9.94. The van der Waals surface area contributed by atoms with Crippen LogP contribution in [0.3, 0.4) is 0 Å². The number of hydrogen-bond acceptors (Lipinski definition) is 6. The quantitative estimate of drug-likeness (QED) is 0.215. The molecule has 1 unspecified atom stereocenters. The number of nitrogens with one attached hydrogen (secondary N) is 1. The predicted octanol–water partition coefficient (Wildman–Crippen LogP) is 3.03. The van der Waals surface area contributed by atoms with Crippen LogP contribution in [0.25, 0.3) is 6.08 Å². The molecule has 11 heteroatoms. The Morgan fingerprint density at radius 1 is 1.26 bits per heavy atom. The third-order valence-electron chi connectivity index (χ3n) is 7.38. The molecule has 3 aliphatic rings. The highest BCUT2D eigenvalue weighted by molar-refractivity contribution is 7.46. The molecule has 4 N–H and O–H groups in total. The summed E-state index contributed by atoms with van der Waals surface area (Å²) in [7, 11) is -2.70. The van der Waals surface area contributed by atoms with Crippen molar-refractivity contribution in [3.05, 3.63) is 58.7 Å². The Hall–Kier alpha value is -3.01. The minimum atomic E-state index is -4.45. The maximum absolute atomic E-state index is 11.1. The van der Waals surface area contributed by atoms with Gasteiger partial charge in [-0.1, -0.05) is 6.07 Å². The number of ether oxygens (including phenoxy) is 1. The number of anilines is 1. The van der Waals surface area contributed by atoms with Crippen LogP contribution in [0.5, 0.6) is 5.75 Å². The third kappa shape index (κ3) is 5.15. The molecule has 0 aliphatic carbocycles. The lowest BCUT2D eigenvalue weighted by Crippen LogP contribution is -2.42. The number of carboxylic acid groups (broad SMARTS) is 1. The Balaban J connectivity index is 1.38. The standard InChI is InChI=1S/C27H32N3O7P/c1-27(2)21-12-17(15-28-9-11-36-38(33,34)35)4-7-22(21)30-10-8-23-20(26(27)30)13-18-5-6-19(14-24(18)37-23)29(3)16-25(31)32/h4-7,12-14,23,28H,8-11,15-16H2,1-3H3,(H2-,31,32,33,34,35)/p+1. The van der Waals surface area contributed by atoms with Crippen molar-refractivity contribution in [1.29, 1.82) is 0 Å². The number of fused-ring (bicyclic) bond motifs is 5. The first kappa shape index (κ1) is 26.6. The maximum Gasteiger partial charge on any atom is 0.469 e. The topological polar surface area (TPSA) is 132 Å². The lowest BCUT2D eigenvalue weighted by Gasteiger charge is -2.32. The third-order valence-corrected chi connectivity index (χ3v) is 7.90. The van der Waals surface area contributed by atoms with Crippen LogP contribution in [0.2, 0.25) is 0 Å². The summed E-state index contributed by atoms with van der Waals surface area (Å²) in [4.78, 5) is 30.5. The van der Waals surface area contributed by atoms with Crippen molar-refractivity contribution in [2.24, 2.45) is 0 Å². The van der Waals surface area contributed by atoms with Crippen LogP contribution in [0.1, 0.15) is 37.0 Å². The zero-order valence-corrected chi connectivity index (χ0v) is 22.6. The molecule has 5 rings (SSSR count). The summed E-state index contributed by atoms with van der Waals surface area (Å²) in [6.07, 6.45) is 2.98. The first-order valence-corrected chi connectivity index (χ1v) is 14.1. The molecule has 0 bridgehead atoms. The zero-order valence-electron chi connectivity index (χ0n) is 21.7. The maximum atomic E-state index is 11.1. The van der Waals surface area contributed by atoms with Crippen molar-refractivity contribution in [2.45, 2.75) is 38.3 Å². The van der Waals surface area contributed by atoms with Gasteiger partial charge in [0, 0.05) is 55.5 Å². The fourth-order valence-corrected chi connectivity index (χ4v) is 6.00. The van der Waals surface area contributed by atoms with Gasteiger partial charge >= 0.3 is 13.8 Å². The molecule has 1 atom stereocenters. The van der Waals surface area contributed by atoms with E-state index in [1.165, 1.54) is 22.5 Å². The smallest absolute Gasteiger partial charge is 0.469 e. The van der Waals surface area contributed by atoms with Gasteiger partial charge in [0.05, 0.1) is 17.6 Å². The molecule has 202 valence electrons. The van der Waals surface area contributed by atoms with Gasteiger partial charge < -0.3 is 29.8 Å². The van der Waals surface area contributed by atoms with Crippen LogP contribution in [-0.2, 0) is 25.8 Å². The predicted molar refractivity (Wildman–Crippen MR) is 143 cm³/mol. The number of nitrogens with zero attached hydrogens (tertiary/aromatic N) is 2. The van der Waals surface area contributed by atoms with Gasteiger partial charge in [-0.3, -0.25) is 9.32 Å². The fraction of sp³-hybridized carbons (Fsp3) is 0.407. The molecule has 0 fully saturated rings. The van der Waals surface area contributed by atoms with Gasteiger partial charge in [0.15, 0.2) is 12.3 Å². The molecule has 0 radical (unpaired) electrons. The molecule has 2 aromatic carbocycles. The molecule has 3 heterocycles. The van der Waals surface area contributed by atoms with Gasteiger partial charge in [0.2, 0.25) is 5.69 Å². The van der Waals surface area contributed by atoms with Crippen LogP contribution < -0.4 is 15.0 Å². The highest BCUT2D eigenvalue weighted by atomic mass is 31.2. The normalized spacial score (nSPS) is 19.1. The van der Waals surface area contributed by atoms with E-state index >= 15 is 0 Å². The van der Waals surface area contributed by atoms with E-state index in [0.29, 0.717) is 13.1 Å². The van der Waals surface area contributed by atoms with E-state index in [2.05, 4.69) is 52.5 Å². The van der Waals surface area contributed by atoms with Crippen molar-refractivity contribution in [3.8, 4) is 5.75 Å². The molecule has 38 heavy (non-hydrogen) atoms. The number of rotatable bonds is 9. The van der Waals surface area contributed by atoms with Gasteiger partial charge in [-0.05, 0) is 43.7 Å². The Bertz CT molecular complexity index is 1400. The molecule has 0 saturated carbocycles. The summed E-state index contributed by atoms with van der Waals surface area (Å²) < 4.78 is 24.2. The number of carbonyl (C=O) groups is 1. The Morgan fingerprint density at radius 2 is 2.05 bits per heavy atom. The molecule has 2 aromatic rings. The van der Waals surface area contributed by atoms with E-state index in [1.807, 2.05) is 18.2 Å². The van der Waals surface area contributed by atoms with E-state index in [1.54, 1.807) is 11.9 Å². The lowest BCUT2D eigenvalue weighted by molar-refractivity contribution is -0.444. The van der Waals surface area contributed by atoms with Crippen LogP contribution in [0.4, 0.5) is 11.4 Å². The molecular weight excluding hydrogens is 509 g/mol. The van der Waals surface area contributed by atoms with Gasteiger partial charge in [-0.15, -0.1) is 0 Å². The number of aliphatic carboxylic acids is 1. The second-order valence-electron chi connectivity index (χ2n) is 10.4. The van der Waals surface area contributed by atoms with E-state index in [4.69, 9.17) is 19.6 Å². The van der Waals surface area contributed by atoms with Crippen molar-refractivity contribution in [2.75, 3.05) is 38.2 Å². The van der Waals surface area contributed by atoms with E-state index in [9.17, 15) is 9.36 Å². The number of carboxylic acids is 1. The van der Waals surface area contributed by atoms with E-state index < -0.39 is 13.8 Å². The van der Waals surface area contributed by atoms with Gasteiger partial charge in [-0.25, -0.2) is 4.57 Å². The Kier molecular flexibility index (Phi) is 6.96. The molecule has 0 aromatic heterocycles. The summed E-state index contributed by atoms with van der Waals surface area (Å²) in [6.45, 7) is 6.03. The van der Waals surface area contributed by atoms with Crippen LogP contribution >= 0.6 is 7.82 Å². The first-order chi connectivity index (χ1) is 17.9. The average molecular weight is 543 g/mol. The van der Waals surface area contributed by atoms with Crippen LogP contribution in [0.15, 0.2) is 42.0 Å². The number of benzene rings is 2. The molecule has 0 saturated heterocycles. The summed E-state index contributed by atoms with van der Waals surface area (Å²) in [5, 5.41) is 12.3. The monoisotopic (exact) mass is 542 g/mol. The molecule has 0 spiro atoms. The summed E-state index contributed by atoms with van der Waals surface area (Å²) >= 11 is 0. The van der Waals surface area contributed by atoms with Crippen molar-refractivity contribution in [3.63, 3.8) is 0 Å². The Labute approximate surface area is 221 Å². The largest absolute Gasteiger partial charge is 0.485 e. The van der Waals surface area contributed by atoms with Crippen LogP contribution in [-0.4, -0.2) is 70.5 Å². The minimum Gasteiger partial charge on any atom is -0.485 e. The second-order valence-corrected chi connectivity index (χ2v) is 11.7. The number of phosphoric acid groups is 1. The van der Waals surface area contributed by atoms with Crippen LogP contribution in [0, 0.1) is 0 Å². The van der Waals surface area contributed by atoms with Crippen molar-refractivity contribution >= 4 is 37.0 Å². The highest BCUT2D eigenvalue weighted by Crippen LogP contribution is 2.47. The van der Waals surface area contributed by atoms with Gasteiger partial charge in [0.1, 0.15) is 18.4 Å². The molecule has 10 nitrogen and oxygen atoms in total. The molecular formula is C27H33N3O7P+. The van der Waals surface area contributed by atoms with Crippen molar-refractivity contribution in [1.82, 2.24) is 5.32 Å². The van der Waals surface area contributed by atoms with E-state index in [0.717, 1.165) is 35.5 Å². The first-order valence-electron chi connectivity index (χ1n) is 12.6. The van der Waals surface area contributed by atoms with Crippen molar-refractivity contribution < 1.29 is 38.1 Å². The molecule has 0 amide bonds. The SMILES string of the molecule is CN(CC(=O)O)c1ccc2c(c1)OC1CC[N+]3=C(C1=C2)C(C)(C)c1cc(CNCCOP(=O)(O)O)ccc13. The zero-order chi connectivity index (χ0) is 27.2. The summed E-state index contributed by atoms with van der Waals surface area (Å²) in [5.41, 5.74) is 7.45. The van der Waals surface area contributed by atoms with E-state index in [-0.39, 0.29) is 24.7 Å². The Morgan fingerprint density at radius 3 is 2.79 bits per heavy atom. The number of likely N-dealkylation sites (N-methyl/N-ethyl adjacent to an activating group) is 1. The number of phosphoric ester groups is 1. The van der Waals surface area contributed by atoms with Gasteiger partial charge in [-0.2, -0.15) is 4.58 Å². The highest BCUT2D eigenvalue weighted by Gasteiger charge is 2.52. The average Bonchev–Trinajstić information content (AvgIpc) is 3.07. The number of hydrogen-bond donors (Lipinski definition) is 4. The summed E-state index contributed by atoms with van der Waals surface area (Å²) in [6, 6.07) is 12.3. The summed E-state index contributed by atoms with van der Waals surface area (Å²) in [5.74, 6) is -0.111. The lowest BCUT2D eigenvalue weighted by atomic mass is 9.75.